The Kier molecular flexibility index (Phi) is 5.35. The second-order valence-electron chi connectivity index (χ2n) is 4.17. The predicted molar refractivity (Wildman–Crippen MR) is 70.3 cm³/mol. The van der Waals surface area contributed by atoms with Crippen molar-refractivity contribution in [2.75, 3.05) is 18.5 Å². The Hall–Kier alpha value is -1.16. The van der Waals surface area contributed by atoms with E-state index in [9.17, 15) is 0 Å². The summed E-state index contributed by atoms with van der Waals surface area (Å²) in [5.74, 6) is 1.69. The number of hydrogen-bond acceptors (Lipinski definition) is 4. The van der Waals surface area contributed by atoms with Gasteiger partial charge in [0.05, 0.1) is 0 Å². The van der Waals surface area contributed by atoms with Gasteiger partial charge >= 0.3 is 0 Å². The molecule has 96 valence electrons. The Balaban J connectivity index is 2.96. The molecule has 0 aliphatic rings. The van der Waals surface area contributed by atoms with Gasteiger partial charge in [0.25, 0.3) is 0 Å². The van der Waals surface area contributed by atoms with Crippen molar-refractivity contribution in [3.8, 4) is 0 Å². The molecule has 1 heterocycles. The van der Waals surface area contributed by atoms with E-state index in [1.807, 2.05) is 27.7 Å². The molecule has 0 saturated carbocycles. The van der Waals surface area contributed by atoms with Gasteiger partial charge in [-0.25, -0.2) is 9.97 Å². The summed E-state index contributed by atoms with van der Waals surface area (Å²) in [6.45, 7) is 11.8. The van der Waals surface area contributed by atoms with E-state index >= 15 is 0 Å². The molecule has 0 radical (unpaired) electrons. The molecular weight excluding hydrogens is 214 g/mol. The maximum atomic E-state index is 5.53. The fourth-order valence-electron chi connectivity index (χ4n) is 1.57. The first-order valence-corrected chi connectivity index (χ1v) is 6.30. The zero-order chi connectivity index (χ0) is 12.8. The monoisotopic (exact) mass is 237 g/mol. The van der Waals surface area contributed by atoms with Crippen LogP contribution in [0.15, 0.2) is 0 Å². The van der Waals surface area contributed by atoms with E-state index in [1.165, 1.54) is 0 Å². The van der Waals surface area contributed by atoms with Crippen LogP contribution in [0.2, 0.25) is 0 Å². The minimum atomic E-state index is -0.0542. The smallest absolute Gasteiger partial charge is 0.159 e. The maximum Gasteiger partial charge on any atom is 0.159 e. The summed E-state index contributed by atoms with van der Waals surface area (Å²) < 4.78 is 5.53. The Bertz CT molecular complexity index is 366. The third-order valence-corrected chi connectivity index (χ3v) is 2.73. The Labute approximate surface area is 104 Å². The number of nitrogens with zero attached hydrogens (tertiary/aromatic N) is 2. The van der Waals surface area contributed by atoms with Crippen molar-refractivity contribution in [3.05, 3.63) is 17.1 Å². The Morgan fingerprint density at radius 3 is 2.53 bits per heavy atom. The molecule has 0 amide bonds. The number of aromatic nitrogens is 2. The fraction of sp³-hybridized carbons (Fsp3) is 0.692. The number of hydrogen-bond donors (Lipinski definition) is 1. The largest absolute Gasteiger partial charge is 0.371 e. The zero-order valence-corrected chi connectivity index (χ0v) is 11.5. The van der Waals surface area contributed by atoms with Gasteiger partial charge in [-0.15, -0.1) is 0 Å². The minimum Gasteiger partial charge on any atom is -0.371 e. The van der Waals surface area contributed by atoms with Crippen LogP contribution in [0.5, 0.6) is 0 Å². The van der Waals surface area contributed by atoms with Crippen LogP contribution in [-0.2, 0) is 4.74 Å². The van der Waals surface area contributed by atoms with Crippen LogP contribution in [0.25, 0.3) is 0 Å². The number of aryl methyl sites for hydroxylation is 1. The van der Waals surface area contributed by atoms with Gasteiger partial charge in [0.1, 0.15) is 11.9 Å². The number of anilines is 1. The maximum absolute atomic E-state index is 5.53. The summed E-state index contributed by atoms with van der Waals surface area (Å²) in [7, 11) is 0. The topological polar surface area (TPSA) is 47.0 Å². The molecule has 1 N–H and O–H groups in total. The second kappa shape index (κ2) is 6.55. The highest BCUT2D eigenvalue weighted by Gasteiger charge is 2.13. The van der Waals surface area contributed by atoms with E-state index in [0.717, 1.165) is 35.9 Å². The fourth-order valence-corrected chi connectivity index (χ4v) is 1.57. The predicted octanol–water partition coefficient (Wildman–Crippen LogP) is 3.01. The first kappa shape index (κ1) is 13.9. The van der Waals surface area contributed by atoms with Crippen molar-refractivity contribution >= 4 is 5.82 Å². The van der Waals surface area contributed by atoms with Crippen molar-refractivity contribution in [2.24, 2.45) is 0 Å². The van der Waals surface area contributed by atoms with E-state index < -0.39 is 0 Å². The second-order valence-corrected chi connectivity index (χ2v) is 4.17. The van der Waals surface area contributed by atoms with E-state index in [0.29, 0.717) is 6.61 Å². The summed E-state index contributed by atoms with van der Waals surface area (Å²) >= 11 is 0. The van der Waals surface area contributed by atoms with Crippen LogP contribution in [-0.4, -0.2) is 23.1 Å². The first-order chi connectivity index (χ1) is 8.10. The zero-order valence-electron chi connectivity index (χ0n) is 11.5. The third-order valence-electron chi connectivity index (χ3n) is 2.73. The number of nitrogens with one attached hydrogen (secondary N) is 1. The average molecular weight is 237 g/mol. The Morgan fingerprint density at radius 2 is 1.94 bits per heavy atom. The van der Waals surface area contributed by atoms with Gasteiger partial charge in [-0.2, -0.15) is 0 Å². The molecule has 1 aromatic heterocycles. The quantitative estimate of drug-likeness (QED) is 0.826. The first-order valence-electron chi connectivity index (χ1n) is 6.30. The highest BCUT2D eigenvalue weighted by atomic mass is 16.5. The summed E-state index contributed by atoms with van der Waals surface area (Å²) in [6, 6.07) is 0. The molecule has 1 aromatic rings. The van der Waals surface area contributed by atoms with Crippen LogP contribution < -0.4 is 5.32 Å². The molecule has 0 aliphatic heterocycles. The SMILES string of the molecule is CCCNc1nc(C(C)OCC)nc(C)c1C. The molecule has 4 heteroatoms. The molecule has 1 rings (SSSR count). The molecule has 1 atom stereocenters. The van der Waals surface area contributed by atoms with Crippen LogP contribution >= 0.6 is 0 Å². The minimum absolute atomic E-state index is 0.0542. The van der Waals surface area contributed by atoms with E-state index in [4.69, 9.17) is 4.74 Å². The highest BCUT2D eigenvalue weighted by molar-refractivity contribution is 5.45. The molecule has 0 fully saturated rings. The lowest BCUT2D eigenvalue weighted by Crippen LogP contribution is -2.12. The lowest BCUT2D eigenvalue weighted by atomic mass is 10.2. The van der Waals surface area contributed by atoms with Gasteiger partial charge < -0.3 is 10.1 Å². The van der Waals surface area contributed by atoms with Crippen molar-refractivity contribution < 1.29 is 4.74 Å². The molecule has 1 unspecified atom stereocenters. The van der Waals surface area contributed by atoms with Gasteiger partial charge in [-0.1, -0.05) is 6.92 Å². The van der Waals surface area contributed by atoms with E-state index in [2.05, 4.69) is 22.2 Å². The lowest BCUT2D eigenvalue weighted by Gasteiger charge is -2.15. The standard InChI is InChI=1S/C13H23N3O/c1-6-8-14-12-9(3)10(4)15-13(16-12)11(5)17-7-2/h11H,6-8H2,1-5H3,(H,14,15,16). The summed E-state index contributed by atoms with van der Waals surface area (Å²) in [5.41, 5.74) is 2.13. The van der Waals surface area contributed by atoms with Crippen molar-refractivity contribution in [2.45, 2.75) is 47.1 Å². The van der Waals surface area contributed by atoms with Crippen LogP contribution in [0.1, 0.15) is 50.4 Å². The van der Waals surface area contributed by atoms with Gasteiger partial charge in [0.15, 0.2) is 5.82 Å². The number of rotatable bonds is 6. The van der Waals surface area contributed by atoms with E-state index in [1.54, 1.807) is 0 Å². The average Bonchev–Trinajstić information content (AvgIpc) is 2.31. The van der Waals surface area contributed by atoms with Gasteiger partial charge in [-0.3, -0.25) is 0 Å². The van der Waals surface area contributed by atoms with Crippen molar-refractivity contribution in [3.63, 3.8) is 0 Å². The molecule has 0 saturated heterocycles. The number of ether oxygens (including phenoxy) is 1. The molecule has 0 spiro atoms. The molecule has 0 bridgehead atoms. The van der Waals surface area contributed by atoms with Crippen LogP contribution in [0, 0.1) is 13.8 Å². The highest BCUT2D eigenvalue weighted by Crippen LogP contribution is 2.19. The van der Waals surface area contributed by atoms with Gasteiger partial charge in [0, 0.05) is 24.4 Å². The van der Waals surface area contributed by atoms with Gasteiger partial charge in [0.2, 0.25) is 0 Å². The van der Waals surface area contributed by atoms with Crippen LogP contribution in [0.3, 0.4) is 0 Å². The van der Waals surface area contributed by atoms with E-state index in [-0.39, 0.29) is 6.10 Å². The van der Waals surface area contributed by atoms with Crippen molar-refractivity contribution in [1.82, 2.24) is 9.97 Å². The van der Waals surface area contributed by atoms with Crippen molar-refractivity contribution in [1.29, 1.82) is 0 Å². The molecule has 0 aliphatic carbocycles. The molecule has 4 nitrogen and oxygen atoms in total. The summed E-state index contributed by atoms with van der Waals surface area (Å²) in [5, 5.41) is 3.33. The molecule has 17 heavy (non-hydrogen) atoms. The normalized spacial score (nSPS) is 12.5. The lowest BCUT2D eigenvalue weighted by molar-refractivity contribution is 0.0700. The molecule has 0 aromatic carbocycles. The molecular formula is C13H23N3O. The Morgan fingerprint density at radius 1 is 1.24 bits per heavy atom. The van der Waals surface area contributed by atoms with Crippen LogP contribution in [0.4, 0.5) is 5.82 Å². The van der Waals surface area contributed by atoms with Gasteiger partial charge in [-0.05, 0) is 34.1 Å². The third kappa shape index (κ3) is 3.66. The summed E-state index contributed by atoms with van der Waals surface area (Å²) in [4.78, 5) is 9.03. The summed E-state index contributed by atoms with van der Waals surface area (Å²) in [6.07, 6.45) is 1.03.